The van der Waals surface area contributed by atoms with Crippen LogP contribution in [0.2, 0.25) is 0 Å². The first-order chi connectivity index (χ1) is 7.33. The van der Waals surface area contributed by atoms with Crippen molar-refractivity contribution in [2.45, 2.75) is 26.2 Å². The van der Waals surface area contributed by atoms with E-state index in [1.54, 1.807) is 11.8 Å². The highest BCUT2D eigenvalue weighted by Gasteiger charge is 2.05. The number of aliphatic imine (C=N–C) groups is 1. The van der Waals surface area contributed by atoms with Crippen LogP contribution in [0, 0.1) is 0 Å². The Bertz CT molecular complexity index is 231. The second kappa shape index (κ2) is 7.56. The Hall–Kier alpha value is -0.710. The molecule has 0 saturated carbocycles. The summed E-state index contributed by atoms with van der Waals surface area (Å²) >= 11 is 1.76. The van der Waals surface area contributed by atoms with Gasteiger partial charge < -0.3 is 10.1 Å². The highest BCUT2D eigenvalue weighted by molar-refractivity contribution is 8.13. The average molecular weight is 230 g/mol. The van der Waals surface area contributed by atoms with Gasteiger partial charge in [0.25, 0.3) is 0 Å². The third-order valence-corrected chi connectivity index (χ3v) is 2.98. The minimum atomic E-state index is -0.113. The number of hydrogen-bond acceptors (Lipinski definition) is 5. The molecule has 0 radical (unpaired) electrons. The summed E-state index contributed by atoms with van der Waals surface area (Å²) in [5.41, 5.74) is 0. The standard InChI is InChI=1S/C10H18N2O2S/c1-2-14-9(13)5-3-6-11-10-12-7-4-8-15-10/h2-8H2,1H3,(H,11,12). The molecular formula is C10H18N2O2S. The Morgan fingerprint density at radius 3 is 3.20 bits per heavy atom. The number of nitrogens with one attached hydrogen (secondary N) is 1. The number of hydrogen-bond donors (Lipinski definition) is 1. The van der Waals surface area contributed by atoms with Crippen LogP contribution in [0.15, 0.2) is 4.99 Å². The molecule has 0 spiro atoms. The lowest BCUT2D eigenvalue weighted by molar-refractivity contribution is -0.143. The smallest absolute Gasteiger partial charge is 0.305 e. The first-order valence-corrected chi connectivity index (χ1v) is 6.38. The summed E-state index contributed by atoms with van der Waals surface area (Å²) in [6.45, 7) is 4.01. The Morgan fingerprint density at radius 2 is 2.53 bits per heavy atom. The second-order valence-electron chi connectivity index (χ2n) is 3.22. The van der Waals surface area contributed by atoms with Crippen LogP contribution in [0.5, 0.6) is 0 Å². The van der Waals surface area contributed by atoms with Crippen molar-refractivity contribution < 1.29 is 9.53 Å². The third kappa shape index (κ3) is 5.67. The van der Waals surface area contributed by atoms with Gasteiger partial charge in [-0.2, -0.15) is 0 Å². The Labute approximate surface area is 94.9 Å². The van der Waals surface area contributed by atoms with Crippen molar-refractivity contribution in [3.63, 3.8) is 0 Å². The number of esters is 1. The molecule has 1 N–H and O–H groups in total. The fourth-order valence-corrected chi connectivity index (χ4v) is 2.08. The molecule has 0 fully saturated rings. The van der Waals surface area contributed by atoms with Gasteiger partial charge in [0.15, 0.2) is 5.17 Å². The molecule has 86 valence electrons. The van der Waals surface area contributed by atoms with Crippen molar-refractivity contribution in [2.75, 3.05) is 25.4 Å². The van der Waals surface area contributed by atoms with Crippen LogP contribution in [0.25, 0.3) is 0 Å². The van der Waals surface area contributed by atoms with Gasteiger partial charge in [0, 0.05) is 25.3 Å². The zero-order chi connectivity index (χ0) is 10.9. The van der Waals surface area contributed by atoms with Gasteiger partial charge in [-0.1, -0.05) is 11.8 Å². The maximum atomic E-state index is 11.0. The maximum absolute atomic E-state index is 11.0. The maximum Gasteiger partial charge on any atom is 0.305 e. The van der Waals surface area contributed by atoms with Crippen molar-refractivity contribution in [1.29, 1.82) is 0 Å². The summed E-state index contributed by atoms with van der Waals surface area (Å²) in [4.78, 5) is 15.3. The van der Waals surface area contributed by atoms with Gasteiger partial charge in [-0.15, -0.1) is 0 Å². The van der Waals surface area contributed by atoms with E-state index < -0.39 is 0 Å². The molecule has 15 heavy (non-hydrogen) atoms. The Kier molecular flexibility index (Phi) is 6.23. The Balaban J connectivity index is 2.01. The molecule has 0 amide bonds. The molecule has 1 heterocycles. The first-order valence-electron chi connectivity index (χ1n) is 5.39. The molecule has 0 aliphatic carbocycles. The van der Waals surface area contributed by atoms with Crippen molar-refractivity contribution in [1.82, 2.24) is 5.32 Å². The summed E-state index contributed by atoms with van der Waals surface area (Å²) in [6.07, 6.45) is 2.45. The van der Waals surface area contributed by atoms with E-state index >= 15 is 0 Å². The van der Waals surface area contributed by atoms with Crippen LogP contribution in [-0.2, 0) is 9.53 Å². The van der Waals surface area contributed by atoms with E-state index in [-0.39, 0.29) is 5.97 Å². The van der Waals surface area contributed by atoms with Crippen molar-refractivity contribution in [2.24, 2.45) is 4.99 Å². The van der Waals surface area contributed by atoms with Crippen LogP contribution in [0.3, 0.4) is 0 Å². The topological polar surface area (TPSA) is 50.7 Å². The van der Waals surface area contributed by atoms with Gasteiger partial charge in [0.1, 0.15) is 0 Å². The molecule has 0 aromatic rings. The third-order valence-electron chi connectivity index (χ3n) is 1.94. The van der Waals surface area contributed by atoms with Crippen LogP contribution in [-0.4, -0.2) is 36.6 Å². The number of thioether (sulfide) groups is 1. The van der Waals surface area contributed by atoms with Gasteiger partial charge in [-0.3, -0.25) is 9.79 Å². The number of carbonyl (C=O) groups is 1. The predicted molar refractivity (Wildman–Crippen MR) is 63.2 cm³/mol. The molecule has 0 saturated heterocycles. The highest BCUT2D eigenvalue weighted by Crippen LogP contribution is 2.09. The molecular weight excluding hydrogens is 212 g/mol. The molecule has 5 heteroatoms. The van der Waals surface area contributed by atoms with Crippen LogP contribution < -0.4 is 5.32 Å². The second-order valence-corrected chi connectivity index (χ2v) is 4.31. The van der Waals surface area contributed by atoms with Crippen molar-refractivity contribution >= 4 is 22.9 Å². The predicted octanol–water partition coefficient (Wildman–Crippen LogP) is 1.41. The lowest BCUT2D eigenvalue weighted by atomic mass is 10.3. The number of nitrogens with zero attached hydrogens (tertiary/aromatic N) is 1. The summed E-state index contributed by atoms with van der Waals surface area (Å²) in [5, 5.41) is 4.24. The van der Waals surface area contributed by atoms with E-state index in [9.17, 15) is 4.79 Å². The lowest BCUT2D eigenvalue weighted by Crippen LogP contribution is -2.25. The monoisotopic (exact) mass is 230 g/mol. The van der Waals surface area contributed by atoms with E-state index in [4.69, 9.17) is 4.74 Å². The van der Waals surface area contributed by atoms with Crippen LogP contribution in [0.4, 0.5) is 0 Å². The summed E-state index contributed by atoms with van der Waals surface area (Å²) in [7, 11) is 0. The Morgan fingerprint density at radius 1 is 1.67 bits per heavy atom. The van der Waals surface area contributed by atoms with E-state index in [2.05, 4.69) is 10.3 Å². The number of amidine groups is 1. The summed E-state index contributed by atoms with van der Waals surface area (Å²) in [5.74, 6) is 1.03. The van der Waals surface area contributed by atoms with Gasteiger partial charge in [0.2, 0.25) is 0 Å². The molecule has 1 aliphatic heterocycles. The summed E-state index contributed by atoms with van der Waals surface area (Å²) in [6, 6.07) is 0. The van der Waals surface area contributed by atoms with Crippen molar-refractivity contribution in [3.05, 3.63) is 0 Å². The molecule has 0 atom stereocenters. The van der Waals surface area contributed by atoms with E-state index in [1.807, 2.05) is 6.92 Å². The molecule has 1 aliphatic rings. The fraction of sp³-hybridized carbons (Fsp3) is 0.800. The number of rotatable bonds is 5. The minimum Gasteiger partial charge on any atom is -0.466 e. The van der Waals surface area contributed by atoms with Gasteiger partial charge >= 0.3 is 5.97 Å². The number of carbonyl (C=O) groups excluding carboxylic acids is 1. The lowest BCUT2D eigenvalue weighted by Gasteiger charge is -2.12. The molecule has 0 bridgehead atoms. The number of ether oxygens (including phenoxy) is 1. The summed E-state index contributed by atoms with van der Waals surface area (Å²) < 4.78 is 4.83. The zero-order valence-corrected chi connectivity index (χ0v) is 9.94. The normalized spacial score (nSPS) is 15.7. The minimum absolute atomic E-state index is 0.113. The van der Waals surface area contributed by atoms with E-state index in [0.717, 1.165) is 30.4 Å². The van der Waals surface area contributed by atoms with Gasteiger partial charge in [0.05, 0.1) is 6.61 Å². The molecule has 0 aromatic heterocycles. The quantitative estimate of drug-likeness (QED) is 0.573. The average Bonchev–Trinajstić information content (AvgIpc) is 2.26. The fourth-order valence-electron chi connectivity index (χ4n) is 1.23. The molecule has 0 unspecified atom stereocenters. The van der Waals surface area contributed by atoms with Crippen LogP contribution in [0.1, 0.15) is 26.2 Å². The van der Waals surface area contributed by atoms with Crippen molar-refractivity contribution in [3.8, 4) is 0 Å². The zero-order valence-electron chi connectivity index (χ0n) is 9.12. The van der Waals surface area contributed by atoms with E-state index in [0.29, 0.717) is 13.0 Å². The highest BCUT2D eigenvalue weighted by atomic mass is 32.2. The largest absolute Gasteiger partial charge is 0.466 e. The van der Waals surface area contributed by atoms with Gasteiger partial charge in [-0.05, 0) is 19.8 Å². The van der Waals surface area contributed by atoms with E-state index in [1.165, 1.54) is 6.42 Å². The SMILES string of the molecule is CCOC(=O)CCCNC1=NCCCS1. The first kappa shape index (κ1) is 12.4. The van der Waals surface area contributed by atoms with Gasteiger partial charge in [-0.25, -0.2) is 0 Å². The molecule has 1 rings (SSSR count). The molecule has 4 nitrogen and oxygen atoms in total. The molecule has 0 aromatic carbocycles. The van der Waals surface area contributed by atoms with Crippen LogP contribution >= 0.6 is 11.8 Å².